The van der Waals surface area contributed by atoms with Gasteiger partial charge in [-0.15, -0.1) is 0 Å². The molecule has 0 aliphatic carbocycles. The molecule has 0 unspecified atom stereocenters. The molecule has 2 aromatic rings. The van der Waals surface area contributed by atoms with Crippen LogP contribution in [0.4, 0.5) is 0 Å². The van der Waals surface area contributed by atoms with Gasteiger partial charge < -0.3 is 10.4 Å². The number of hydrogen-bond acceptors (Lipinski definition) is 5. The summed E-state index contributed by atoms with van der Waals surface area (Å²) in [6.07, 6.45) is 2.85. The van der Waals surface area contributed by atoms with E-state index in [-0.39, 0.29) is 24.8 Å². The van der Waals surface area contributed by atoms with Crippen LogP contribution >= 0.6 is 0 Å². The second-order valence-electron chi connectivity index (χ2n) is 3.51. The molecular weight excluding hydrogens is 246 g/mol. The summed E-state index contributed by atoms with van der Waals surface area (Å²) in [5.74, 6) is 5.46. The van der Waals surface area contributed by atoms with Crippen LogP contribution in [0.2, 0.25) is 0 Å². The third kappa shape index (κ3) is 3.62. The van der Waals surface area contributed by atoms with Crippen molar-refractivity contribution in [2.24, 2.45) is 0 Å². The maximum Gasteiger partial charge on any atom is 0.270 e. The van der Waals surface area contributed by atoms with Gasteiger partial charge in [0, 0.05) is 11.8 Å². The Kier molecular flexibility index (Phi) is 4.21. The van der Waals surface area contributed by atoms with E-state index in [0.29, 0.717) is 11.4 Å². The highest BCUT2D eigenvalue weighted by atomic mass is 16.2. The van der Waals surface area contributed by atoms with Gasteiger partial charge in [0.1, 0.15) is 24.5 Å². The SMILES string of the molecule is O=C(NCc1ncn[nH]1)c1ccc(C#CCO)cn1. The molecule has 0 saturated carbocycles. The molecule has 0 radical (unpaired) electrons. The minimum absolute atomic E-state index is 0.209. The number of nitrogens with zero attached hydrogens (tertiary/aromatic N) is 3. The van der Waals surface area contributed by atoms with E-state index in [1.165, 1.54) is 12.5 Å². The van der Waals surface area contributed by atoms with Crippen molar-refractivity contribution < 1.29 is 9.90 Å². The van der Waals surface area contributed by atoms with Crippen molar-refractivity contribution in [3.05, 3.63) is 41.7 Å². The fraction of sp³-hybridized carbons (Fsp3) is 0.167. The summed E-state index contributed by atoms with van der Waals surface area (Å²) in [6.45, 7) is 0.0476. The number of amides is 1. The van der Waals surface area contributed by atoms with Crippen molar-refractivity contribution in [2.45, 2.75) is 6.54 Å². The summed E-state index contributed by atoms with van der Waals surface area (Å²) in [7, 11) is 0. The molecule has 0 bridgehead atoms. The highest BCUT2D eigenvalue weighted by Gasteiger charge is 2.07. The van der Waals surface area contributed by atoms with E-state index in [2.05, 4.69) is 37.3 Å². The van der Waals surface area contributed by atoms with Gasteiger partial charge in [-0.3, -0.25) is 9.89 Å². The Bertz CT molecular complexity index is 595. The molecule has 3 N–H and O–H groups in total. The predicted octanol–water partition coefficient (Wildman–Crippen LogP) is -0.527. The van der Waals surface area contributed by atoms with Crippen molar-refractivity contribution in [3.63, 3.8) is 0 Å². The molecule has 0 saturated heterocycles. The Hall–Kier alpha value is -2.72. The molecule has 2 aromatic heterocycles. The van der Waals surface area contributed by atoms with Crippen LogP contribution in [0.5, 0.6) is 0 Å². The van der Waals surface area contributed by atoms with E-state index >= 15 is 0 Å². The lowest BCUT2D eigenvalue weighted by molar-refractivity contribution is 0.0945. The van der Waals surface area contributed by atoms with Crippen molar-refractivity contribution in [1.29, 1.82) is 0 Å². The standard InChI is InChI=1S/C12H11N5O2/c18-5-1-2-9-3-4-10(13-6-9)12(19)14-7-11-15-8-16-17-11/h3-4,6,8,18H,5,7H2,(H,14,19)(H,15,16,17). The lowest BCUT2D eigenvalue weighted by atomic mass is 10.2. The maximum absolute atomic E-state index is 11.8. The second kappa shape index (κ2) is 6.28. The Balaban J connectivity index is 1.95. The third-order valence-corrected chi connectivity index (χ3v) is 2.19. The van der Waals surface area contributed by atoms with Gasteiger partial charge in [0.15, 0.2) is 0 Å². The van der Waals surface area contributed by atoms with Gasteiger partial charge in [-0.1, -0.05) is 11.8 Å². The summed E-state index contributed by atoms with van der Waals surface area (Å²) >= 11 is 0. The number of carbonyl (C=O) groups is 1. The summed E-state index contributed by atoms with van der Waals surface area (Å²) in [4.78, 5) is 19.6. The molecule has 0 atom stereocenters. The van der Waals surface area contributed by atoms with Gasteiger partial charge in [0.2, 0.25) is 0 Å². The quantitative estimate of drug-likeness (QED) is 0.641. The average molecular weight is 257 g/mol. The Labute approximate surface area is 109 Å². The maximum atomic E-state index is 11.8. The van der Waals surface area contributed by atoms with Crippen molar-refractivity contribution in [1.82, 2.24) is 25.5 Å². The first-order chi connectivity index (χ1) is 9.29. The van der Waals surface area contributed by atoms with Crippen LogP contribution in [0, 0.1) is 11.8 Å². The normalized spacial score (nSPS) is 9.53. The summed E-state index contributed by atoms with van der Waals surface area (Å²) < 4.78 is 0. The Morgan fingerprint density at radius 1 is 1.42 bits per heavy atom. The van der Waals surface area contributed by atoms with Gasteiger partial charge in [-0.05, 0) is 12.1 Å². The molecule has 96 valence electrons. The summed E-state index contributed by atoms with van der Waals surface area (Å²) in [5.41, 5.74) is 0.926. The number of aromatic nitrogens is 4. The fourth-order valence-electron chi connectivity index (χ4n) is 1.31. The number of H-pyrrole nitrogens is 1. The molecule has 19 heavy (non-hydrogen) atoms. The number of pyridine rings is 1. The molecular formula is C12H11N5O2. The van der Waals surface area contributed by atoms with E-state index in [1.807, 2.05) is 0 Å². The van der Waals surface area contributed by atoms with E-state index in [4.69, 9.17) is 5.11 Å². The van der Waals surface area contributed by atoms with Gasteiger partial charge in [-0.25, -0.2) is 9.97 Å². The molecule has 0 spiro atoms. The zero-order valence-corrected chi connectivity index (χ0v) is 9.92. The number of carbonyl (C=O) groups excluding carboxylic acids is 1. The fourth-order valence-corrected chi connectivity index (χ4v) is 1.31. The Morgan fingerprint density at radius 2 is 2.32 bits per heavy atom. The van der Waals surface area contributed by atoms with E-state index in [0.717, 1.165) is 0 Å². The zero-order valence-electron chi connectivity index (χ0n) is 9.92. The van der Waals surface area contributed by atoms with Gasteiger partial charge in [-0.2, -0.15) is 5.10 Å². The van der Waals surface area contributed by atoms with Gasteiger partial charge in [0.05, 0.1) is 6.54 Å². The first-order valence-electron chi connectivity index (χ1n) is 5.48. The third-order valence-electron chi connectivity index (χ3n) is 2.19. The van der Waals surface area contributed by atoms with Crippen molar-refractivity contribution in [2.75, 3.05) is 6.61 Å². The zero-order chi connectivity index (χ0) is 13.5. The van der Waals surface area contributed by atoms with E-state index in [9.17, 15) is 4.79 Å². The highest BCUT2D eigenvalue weighted by Crippen LogP contribution is 1.99. The molecule has 1 amide bonds. The average Bonchev–Trinajstić information content (AvgIpc) is 2.96. The summed E-state index contributed by atoms with van der Waals surface area (Å²) in [6, 6.07) is 3.23. The number of nitrogens with one attached hydrogen (secondary N) is 2. The molecule has 7 nitrogen and oxygen atoms in total. The minimum Gasteiger partial charge on any atom is -0.384 e. The van der Waals surface area contributed by atoms with Crippen molar-refractivity contribution >= 4 is 5.91 Å². The van der Waals surface area contributed by atoms with Crippen LogP contribution in [0.25, 0.3) is 0 Å². The van der Waals surface area contributed by atoms with E-state index < -0.39 is 0 Å². The van der Waals surface area contributed by atoms with Crippen molar-refractivity contribution in [3.8, 4) is 11.8 Å². The van der Waals surface area contributed by atoms with Crippen LogP contribution in [0.15, 0.2) is 24.7 Å². The number of rotatable bonds is 3. The highest BCUT2D eigenvalue weighted by molar-refractivity contribution is 5.92. The van der Waals surface area contributed by atoms with E-state index in [1.54, 1.807) is 12.1 Å². The first kappa shape index (κ1) is 12.7. The lowest BCUT2D eigenvalue weighted by Gasteiger charge is -2.02. The topological polar surface area (TPSA) is 104 Å². The molecule has 2 heterocycles. The van der Waals surface area contributed by atoms with Crippen LogP contribution in [0.3, 0.4) is 0 Å². The number of hydrogen-bond donors (Lipinski definition) is 3. The molecule has 2 rings (SSSR count). The molecule has 0 fully saturated rings. The van der Waals surface area contributed by atoms with Gasteiger partial charge in [0.25, 0.3) is 5.91 Å². The largest absolute Gasteiger partial charge is 0.384 e. The Morgan fingerprint density at radius 3 is 2.95 bits per heavy atom. The first-order valence-corrected chi connectivity index (χ1v) is 5.48. The van der Waals surface area contributed by atoms with Gasteiger partial charge >= 0.3 is 0 Å². The van der Waals surface area contributed by atoms with Crippen LogP contribution in [-0.2, 0) is 6.54 Å². The van der Waals surface area contributed by atoms with Crippen LogP contribution in [-0.4, -0.2) is 37.8 Å². The molecule has 0 aliphatic rings. The number of aromatic amines is 1. The number of aliphatic hydroxyl groups excluding tert-OH is 1. The predicted molar refractivity (Wildman–Crippen MR) is 65.8 cm³/mol. The lowest BCUT2D eigenvalue weighted by Crippen LogP contribution is -2.24. The molecule has 0 aromatic carbocycles. The minimum atomic E-state index is -0.307. The van der Waals surface area contributed by atoms with Crippen LogP contribution < -0.4 is 5.32 Å². The molecule has 7 heteroatoms. The smallest absolute Gasteiger partial charge is 0.270 e. The molecule has 0 aliphatic heterocycles. The monoisotopic (exact) mass is 257 g/mol. The second-order valence-corrected chi connectivity index (χ2v) is 3.51. The summed E-state index contributed by atoms with van der Waals surface area (Å²) in [5, 5.41) is 17.5. The number of aliphatic hydroxyl groups is 1. The van der Waals surface area contributed by atoms with Crippen LogP contribution in [0.1, 0.15) is 21.9 Å².